The first-order chi connectivity index (χ1) is 18.4. The van der Waals surface area contributed by atoms with Crippen LogP contribution < -0.4 is 0 Å². The zero-order chi connectivity index (χ0) is 29.3. The van der Waals surface area contributed by atoms with Crippen molar-refractivity contribution in [3.8, 4) is 0 Å². The first-order valence-corrected chi connectivity index (χ1v) is 15.8. The van der Waals surface area contributed by atoms with Crippen LogP contribution in [0.15, 0.2) is 11.6 Å². The third-order valence-corrected chi connectivity index (χ3v) is 12.1. The topological polar surface area (TPSA) is 94.5 Å². The van der Waals surface area contributed by atoms with Crippen molar-refractivity contribution in [3.63, 3.8) is 0 Å². The highest BCUT2D eigenvalue weighted by Crippen LogP contribution is 2.70. The molecule has 0 radical (unpaired) electrons. The molecule has 7 heteroatoms. The second-order valence-corrected chi connectivity index (χ2v) is 16.1. The summed E-state index contributed by atoms with van der Waals surface area (Å²) in [6.07, 6.45) is 5.58. The van der Waals surface area contributed by atoms with Crippen molar-refractivity contribution in [3.05, 3.63) is 11.6 Å². The fourth-order valence-corrected chi connectivity index (χ4v) is 10.6. The SMILES string of the molecule is CC(C)CC[C@H]1OC(C)(C)O[C@]1(C)[C@H]1CC[C@@]2(O)C3=CC(=O)[C@@H]4C[C@H]5OC(C)(C)O[C@H]5C[C@]4(C)[C@H]3[C@H](O)C[C@]12C. The van der Waals surface area contributed by atoms with E-state index in [4.69, 9.17) is 18.9 Å². The molecule has 0 aromatic carbocycles. The summed E-state index contributed by atoms with van der Waals surface area (Å²) >= 11 is 0. The summed E-state index contributed by atoms with van der Waals surface area (Å²) in [7, 11) is 0. The fourth-order valence-electron chi connectivity index (χ4n) is 10.6. The van der Waals surface area contributed by atoms with Crippen LogP contribution in [-0.4, -0.2) is 63.2 Å². The highest BCUT2D eigenvalue weighted by atomic mass is 16.8. The van der Waals surface area contributed by atoms with Crippen LogP contribution in [0.2, 0.25) is 0 Å². The Labute approximate surface area is 240 Å². The number of aliphatic hydroxyl groups is 2. The van der Waals surface area contributed by atoms with Crippen LogP contribution >= 0.6 is 0 Å². The van der Waals surface area contributed by atoms with Crippen LogP contribution in [0, 0.1) is 34.5 Å². The van der Waals surface area contributed by atoms with E-state index >= 15 is 0 Å². The number of allylic oxidation sites excluding steroid dienone is 1. The first-order valence-electron chi connectivity index (χ1n) is 15.8. The second-order valence-electron chi connectivity index (χ2n) is 16.1. The number of carbonyl (C=O) groups excluding carboxylic acids is 1. The summed E-state index contributed by atoms with van der Waals surface area (Å²) in [6, 6.07) is 0. The number of fused-ring (bicyclic) bond motifs is 6. The lowest BCUT2D eigenvalue weighted by Gasteiger charge is -2.62. The van der Waals surface area contributed by atoms with E-state index in [1.165, 1.54) is 0 Å². The maximum absolute atomic E-state index is 13.9. The van der Waals surface area contributed by atoms with Gasteiger partial charge in [-0.1, -0.05) is 27.7 Å². The Balaban J connectivity index is 1.37. The lowest BCUT2D eigenvalue weighted by atomic mass is 9.44. The molecule has 2 saturated heterocycles. The molecule has 5 fully saturated rings. The van der Waals surface area contributed by atoms with Crippen LogP contribution in [-0.2, 0) is 23.7 Å². The third-order valence-electron chi connectivity index (χ3n) is 12.1. The third kappa shape index (κ3) is 4.01. The number of carbonyl (C=O) groups is 1. The minimum absolute atomic E-state index is 0.0378. The van der Waals surface area contributed by atoms with Crippen molar-refractivity contribution in [2.24, 2.45) is 34.5 Å². The van der Waals surface area contributed by atoms with Crippen molar-refractivity contribution >= 4 is 5.78 Å². The monoisotopic (exact) mass is 560 g/mol. The molecule has 7 nitrogen and oxygen atoms in total. The average molecular weight is 561 g/mol. The minimum atomic E-state index is -1.20. The molecular weight excluding hydrogens is 508 g/mol. The van der Waals surface area contributed by atoms with Gasteiger partial charge in [-0.15, -0.1) is 0 Å². The first kappa shape index (κ1) is 29.3. The molecule has 11 atom stereocenters. The molecule has 4 aliphatic carbocycles. The summed E-state index contributed by atoms with van der Waals surface area (Å²) in [6.45, 7) is 18.7. The quantitative estimate of drug-likeness (QED) is 0.481. The molecule has 40 heavy (non-hydrogen) atoms. The van der Waals surface area contributed by atoms with E-state index in [-0.39, 0.29) is 41.8 Å². The number of rotatable bonds is 4. The molecule has 2 heterocycles. The van der Waals surface area contributed by atoms with E-state index in [0.29, 0.717) is 31.6 Å². The molecule has 0 bridgehead atoms. The van der Waals surface area contributed by atoms with Crippen LogP contribution in [0.3, 0.4) is 0 Å². The fraction of sp³-hybridized carbons (Fsp3) is 0.909. The zero-order valence-electron chi connectivity index (χ0n) is 26.1. The van der Waals surface area contributed by atoms with E-state index in [1.807, 2.05) is 27.7 Å². The largest absolute Gasteiger partial charge is 0.392 e. The molecule has 0 aromatic heterocycles. The van der Waals surface area contributed by atoms with Gasteiger partial charge in [-0.2, -0.15) is 0 Å². The second kappa shape index (κ2) is 8.86. The molecule has 6 rings (SSSR count). The van der Waals surface area contributed by atoms with Crippen molar-refractivity contribution in [1.82, 2.24) is 0 Å². The van der Waals surface area contributed by atoms with E-state index in [0.717, 1.165) is 24.8 Å². The van der Waals surface area contributed by atoms with Gasteiger partial charge < -0.3 is 29.2 Å². The van der Waals surface area contributed by atoms with Crippen LogP contribution in [0.4, 0.5) is 0 Å². The lowest BCUT2D eigenvalue weighted by Crippen LogP contribution is -2.66. The Morgan fingerprint density at radius 2 is 1.65 bits per heavy atom. The van der Waals surface area contributed by atoms with Crippen molar-refractivity contribution in [2.75, 3.05) is 0 Å². The Bertz CT molecular complexity index is 1100. The Kier molecular flexibility index (Phi) is 6.48. The molecule has 0 unspecified atom stereocenters. The highest BCUT2D eigenvalue weighted by Gasteiger charge is 2.73. The van der Waals surface area contributed by atoms with Gasteiger partial charge in [0, 0.05) is 17.3 Å². The average Bonchev–Trinajstić information content (AvgIpc) is 3.34. The van der Waals surface area contributed by atoms with Gasteiger partial charge >= 0.3 is 0 Å². The number of ketones is 1. The predicted octanol–water partition coefficient (Wildman–Crippen LogP) is 5.31. The maximum Gasteiger partial charge on any atom is 0.164 e. The van der Waals surface area contributed by atoms with Gasteiger partial charge in [0.25, 0.3) is 0 Å². The Hall–Kier alpha value is -0.830. The number of ether oxygens (including phenoxy) is 4. The number of hydrogen-bond acceptors (Lipinski definition) is 7. The van der Waals surface area contributed by atoms with Gasteiger partial charge in [0.05, 0.1) is 35.6 Å². The molecule has 2 aliphatic heterocycles. The maximum atomic E-state index is 13.9. The van der Waals surface area contributed by atoms with Gasteiger partial charge in [-0.3, -0.25) is 4.79 Å². The van der Waals surface area contributed by atoms with Crippen LogP contribution in [0.25, 0.3) is 0 Å². The van der Waals surface area contributed by atoms with E-state index < -0.39 is 39.7 Å². The van der Waals surface area contributed by atoms with Gasteiger partial charge in [0.2, 0.25) is 0 Å². The minimum Gasteiger partial charge on any atom is -0.392 e. The Morgan fingerprint density at radius 1 is 0.975 bits per heavy atom. The summed E-state index contributed by atoms with van der Waals surface area (Å²) in [5.41, 5.74) is -2.26. The van der Waals surface area contributed by atoms with Gasteiger partial charge in [-0.05, 0) is 108 Å². The molecule has 226 valence electrons. The molecule has 6 aliphatic rings. The van der Waals surface area contributed by atoms with Crippen LogP contribution in [0.5, 0.6) is 0 Å². The number of aliphatic hydroxyl groups excluding tert-OH is 1. The van der Waals surface area contributed by atoms with Crippen molar-refractivity contribution in [2.45, 2.75) is 154 Å². The Morgan fingerprint density at radius 3 is 2.33 bits per heavy atom. The van der Waals surface area contributed by atoms with Crippen molar-refractivity contribution < 1.29 is 34.0 Å². The standard InChI is InChI=1S/C33H52O7/c1-18(2)10-11-26-32(9,40-29(5,6)39-26)25-12-13-33(36)20-14-21(34)19-15-23-24(38-28(3,4)37-23)17-30(19,7)27(20)22(35)16-31(25,33)8/h14,18-19,22-27,35-36H,10-13,15-17H2,1-9H3/t19-,22+,23+,24-,25-,26+,27+,30-,31+,32+,33+/m0/s1. The summed E-state index contributed by atoms with van der Waals surface area (Å²) < 4.78 is 25.7. The molecule has 2 N–H and O–H groups in total. The zero-order valence-corrected chi connectivity index (χ0v) is 26.1. The molecule has 0 aromatic rings. The van der Waals surface area contributed by atoms with Gasteiger partial charge in [0.15, 0.2) is 17.4 Å². The summed E-state index contributed by atoms with van der Waals surface area (Å²) in [5, 5.41) is 24.8. The number of hydrogen-bond donors (Lipinski definition) is 2. The van der Waals surface area contributed by atoms with E-state index in [9.17, 15) is 15.0 Å². The van der Waals surface area contributed by atoms with Gasteiger partial charge in [-0.25, -0.2) is 0 Å². The van der Waals surface area contributed by atoms with E-state index in [2.05, 4.69) is 34.6 Å². The summed E-state index contributed by atoms with van der Waals surface area (Å²) in [4.78, 5) is 13.9. The summed E-state index contributed by atoms with van der Waals surface area (Å²) in [5.74, 6) is -1.41. The molecule has 3 saturated carbocycles. The van der Waals surface area contributed by atoms with Crippen LogP contribution in [0.1, 0.15) is 107 Å². The molecular formula is C33H52O7. The van der Waals surface area contributed by atoms with Gasteiger partial charge in [0.1, 0.15) is 0 Å². The molecule has 0 amide bonds. The highest BCUT2D eigenvalue weighted by molar-refractivity contribution is 5.95. The molecule has 0 spiro atoms. The predicted molar refractivity (Wildman–Crippen MR) is 150 cm³/mol. The normalized spacial score (nSPS) is 52.6. The lowest BCUT2D eigenvalue weighted by molar-refractivity contribution is -0.201. The smallest absolute Gasteiger partial charge is 0.164 e. The van der Waals surface area contributed by atoms with Crippen molar-refractivity contribution in [1.29, 1.82) is 0 Å². The van der Waals surface area contributed by atoms with E-state index in [1.54, 1.807) is 6.08 Å².